The van der Waals surface area contributed by atoms with Gasteiger partial charge in [0.2, 0.25) is 0 Å². The molecule has 1 aliphatic rings. The summed E-state index contributed by atoms with van der Waals surface area (Å²) in [6.07, 6.45) is 1.98. The van der Waals surface area contributed by atoms with Crippen LogP contribution in [-0.2, 0) is 0 Å². The Balaban J connectivity index is 2.43. The molecule has 1 N–H and O–H groups in total. The van der Waals surface area contributed by atoms with Crippen LogP contribution < -0.4 is 0 Å². The fourth-order valence-electron chi connectivity index (χ4n) is 2.13. The zero-order chi connectivity index (χ0) is 9.57. The van der Waals surface area contributed by atoms with Gasteiger partial charge in [0.15, 0.2) is 0 Å². The third-order valence-corrected chi connectivity index (χ3v) is 3.48. The summed E-state index contributed by atoms with van der Waals surface area (Å²) in [4.78, 5) is 0. The van der Waals surface area contributed by atoms with Gasteiger partial charge >= 0.3 is 0 Å². The molecule has 1 fully saturated rings. The monoisotopic (exact) mass is 170 g/mol. The molecule has 0 amide bonds. The summed E-state index contributed by atoms with van der Waals surface area (Å²) in [6.45, 7) is 11.1. The number of rotatable bonds is 1. The van der Waals surface area contributed by atoms with Crippen LogP contribution in [0.15, 0.2) is 0 Å². The van der Waals surface area contributed by atoms with Gasteiger partial charge in [-0.1, -0.05) is 27.7 Å². The van der Waals surface area contributed by atoms with Crippen LogP contribution in [-0.4, -0.2) is 10.7 Å². The fraction of sp³-hybridized carbons (Fsp3) is 1.00. The van der Waals surface area contributed by atoms with Crippen LogP contribution in [0.5, 0.6) is 0 Å². The van der Waals surface area contributed by atoms with E-state index in [0.717, 1.165) is 24.7 Å². The molecule has 1 heteroatoms. The molecule has 1 atom stereocenters. The summed E-state index contributed by atoms with van der Waals surface area (Å²) >= 11 is 0. The topological polar surface area (TPSA) is 20.2 Å². The molecule has 0 spiro atoms. The second kappa shape index (κ2) is 2.73. The fourth-order valence-corrected chi connectivity index (χ4v) is 2.13. The van der Waals surface area contributed by atoms with Crippen molar-refractivity contribution in [3.05, 3.63) is 0 Å². The molecule has 0 aromatic rings. The Morgan fingerprint density at radius 3 is 2.00 bits per heavy atom. The lowest BCUT2D eigenvalue weighted by atomic mass is 9.61. The van der Waals surface area contributed by atoms with Gasteiger partial charge in [-0.25, -0.2) is 0 Å². The minimum absolute atomic E-state index is 0.357. The van der Waals surface area contributed by atoms with Gasteiger partial charge in [-0.2, -0.15) is 0 Å². The van der Waals surface area contributed by atoms with Crippen LogP contribution in [0.3, 0.4) is 0 Å². The second-order valence-electron chi connectivity index (χ2n) is 5.82. The molecule has 0 aromatic heterocycles. The molecule has 0 bridgehead atoms. The smallest absolute Gasteiger partial charge is 0.0625 e. The van der Waals surface area contributed by atoms with E-state index in [1.165, 1.54) is 0 Å². The Morgan fingerprint density at radius 1 is 1.33 bits per heavy atom. The second-order valence-corrected chi connectivity index (χ2v) is 5.82. The minimum Gasteiger partial charge on any atom is -0.390 e. The number of hydrogen-bond acceptors (Lipinski definition) is 1. The first-order valence-corrected chi connectivity index (χ1v) is 4.95. The van der Waals surface area contributed by atoms with E-state index in [-0.39, 0.29) is 5.60 Å². The third kappa shape index (κ3) is 2.01. The van der Waals surface area contributed by atoms with Gasteiger partial charge in [-0.3, -0.25) is 0 Å². The maximum Gasteiger partial charge on any atom is 0.0625 e. The van der Waals surface area contributed by atoms with E-state index in [2.05, 4.69) is 27.7 Å². The Bertz CT molecular complexity index is 156. The number of hydrogen-bond donors (Lipinski definition) is 1. The summed E-state index contributed by atoms with van der Waals surface area (Å²) < 4.78 is 0. The largest absolute Gasteiger partial charge is 0.390 e. The molecule has 0 heterocycles. The van der Waals surface area contributed by atoms with Crippen molar-refractivity contribution in [1.29, 1.82) is 0 Å². The van der Waals surface area contributed by atoms with E-state index in [9.17, 15) is 5.11 Å². The summed E-state index contributed by atoms with van der Waals surface area (Å²) in [5, 5.41) is 9.60. The van der Waals surface area contributed by atoms with Crippen LogP contribution in [0.25, 0.3) is 0 Å². The minimum atomic E-state index is -0.357. The molecule has 1 saturated carbocycles. The van der Waals surface area contributed by atoms with E-state index < -0.39 is 0 Å². The highest BCUT2D eigenvalue weighted by atomic mass is 16.3. The highest BCUT2D eigenvalue weighted by Crippen LogP contribution is 2.47. The molecule has 1 nitrogen and oxygen atoms in total. The van der Waals surface area contributed by atoms with Crippen molar-refractivity contribution in [3.8, 4) is 0 Å². The number of aliphatic hydroxyl groups is 1. The van der Waals surface area contributed by atoms with E-state index in [1.807, 2.05) is 6.92 Å². The summed E-state index contributed by atoms with van der Waals surface area (Å²) in [5.74, 6) is 1.46. The van der Waals surface area contributed by atoms with Crippen molar-refractivity contribution in [2.45, 2.75) is 53.1 Å². The van der Waals surface area contributed by atoms with Gasteiger partial charge in [0, 0.05) is 0 Å². The zero-order valence-electron chi connectivity index (χ0n) is 9.02. The average Bonchev–Trinajstić information content (AvgIpc) is 1.78. The Labute approximate surface area is 76.2 Å². The van der Waals surface area contributed by atoms with Gasteiger partial charge in [0.25, 0.3) is 0 Å². The van der Waals surface area contributed by atoms with Crippen molar-refractivity contribution in [2.24, 2.45) is 17.3 Å². The lowest BCUT2D eigenvalue weighted by Crippen LogP contribution is -2.46. The normalized spacial score (nSPS) is 39.0. The zero-order valence-corrected chi connectivity index (χ0v) is 9.02. The van der Waals surface area contributed by atoms with Crippen molar-refractivity contribution in [3.63, 3.8) is 0 Å². The molecule has 0 aromatic carbocycles. The maximum absolute atomic E-state index is 9.60. The van der Waals surface area contributed by atoms with Gasteiger partial charge in [-0.15, -0.1) is 0 Å². The first kappa shape index (κ1) is 10.0. The van der Waals surface area contributed by atoms with Gasteiger partial charge < -0.3 is 5.11 Å². The standard InChI is InChI=1S/C11H22O/c1-8(10(2,3)4)9-6-11(5,12)7-9/h8-9,12H,6-7H2,1-5H3/t8-,9?,11?/m1/s1. The van der Waals surface area contributed by atoms with E-state index in [0.29, 0.717) is 5.41 Å². The van der Waals surface area contributed by atoms with Gasteiger partial charge in [0.05, 0.1) is 5.60 Å². The highest BCUT2D eigenvalue weighted by molar-refractivity contribution is 4.94. The van der Waals surface area contributed by atoms with Crippen LogP contribution >= 0.6 is 0 Å². The summed E-state index contributed by atoms with van der Waals surface area (Å²) in [6, 6.07) is 0. The molecule has 0 aliphatic heterocycles. The lowest BCUT2D eigenvalue weighted by molar-refractivity contribution is -0.0889. The molecule has 12 heavy (non-hydrogen) atoms. The molecule has 0 radical (unpaired) electrons. The molecule has 1 rings (SSSR count). The molecule has 0 saturated heterocycles. The van der Waals surface area contributed by atoms with Gasteiger partial charge in [0.1, 0.15) is 0 Å². The van der Waals surface area contributed by atoms with Crippen molar-refractivity contribution >= 4 is 0 Å². The average molecular weight is 170 g/mol. The van der Waals surface area contributed by atoms with Gasteiger partial charge in [-0.05, 0) is 37.0 Å². The Kier molecular flexibility index (Phi) is 2.28. The predicted octanol–water partition coefficient (Wildman–Crippen LogP) is 2.83. The van der Waals surface area contributed by atoms with E-state index >= 15 is 0 Å². The third-order valence-electron chi connectivity index (χ3n) is 3.48. The quantitative estimate of drug-likeness (QED) is 0.641. The van der Waals surface area contributed by atoms with Crippen LogP contribution in [0.4, 0.5) is 0 Å². The molecular weight excluding hydrogens is 148 g/mol. The lowest BCUT2D eigenvalue weighted by Gasteiger charge is -2.48. The molecule has 72 valence electrons. The molecular formula is C11H22O. The SMILES string of the molecule is C[C@H](C1CC(C)(O)C1)C(C)(C)C. The van der Waals surface area contributed by atoms with E-state index in [1.54, 1.807) is 0 Å². The molecule has 0 unspecified atom stereocenters. The first-order valence-electron chi connectivity index (χ1n) is 4.95. The van der Waals surface area contributed by atoms with Crippen LogP contribution in [0, 0.1) is 17.3 Å². The Hall–Kier alpha value is -0.0400. The Morgan fingerprint density at radius 2 is 1.75 bits per heavy atom. The molecule has 1 aliphatic carbocycles. The summed E-state index contributed by atoms with van der Waals surface area (Å²) in [7, 11) is 0. The van der Waals surface area contributed by atoms with Crippen LogP contribution in [0.2, 0.25) is 0 Å². The maximum atomic E-state index is 9.60. The van der Waals surface area contributed by atoms with Crippen molar-refractivity contribution < 1.29 is 5.11 Å². The first-order chi connectivity index (χ1) is 5.22. The van der Waals surface area contributed by atoms with Crippen LogP contribution in [0.1, 0.15) is 47.5 Å². The van der Waals surface area contributed by atoms with Crippen molar-refractivity contribution in [2.75, 3.05) is 0 Å². The highest BCUT2D eigenvalue weighted by Gasteiger charge is 2.43. The summed E-state index contributed by atoms with van der Waals surface area (Å²) in [5.41, 5.74) is 0.0331. The predicted molar refractivity (Wildman–Crippen MR) is 52.0 cm³/mol. The van der Waals surface area contributed by atoms with E-state index in [4.69, 9.17) is 0 Å². The van der Waals surface area contributed by atoms with Crippen molar-refractivity contribution in [1.82, 2.24) is 0 Å².